The number of carbonyl (C=O) groups excluding carboxylic acids is 2. The lowest BCUT2D eigenvalue weighted by atomic mass is 10.1. The van der Waals surface area contributed by atoms with Crippen LogP contribution in [0.25, 0.3) is 0 Å². The summed E-state index contributed by atoms with van der Waals surface area (Å²) in [5.41, 5.74) is 2.00. The molecule has 1 unspecified atom stereocenters. The normalized spacial score (nSPS) is 18.4. The first kappa shape index (κ1) is 15.5. The summed E-state index contributed by atoms with van der Waals surface area (Å²) < 4.78 is 0. The highest BCUT2D eigenvalue weighted by atomic mass is 16.2. The number of carbonyl (C=O) groups is 2. The maximum absolute atomic E-state index is 12.1. The number of aryl methyl sites for hydroxylation is 1. The average Bonchev–Trinajstić information content (AvgIpc) is 2.80. The second-order valence-corrected chi connectivity index (χ2v) is 6.22. The van der Waals surface area contributed by atoms with E-state index in [1.54, 1.807) is 4.90 Å². The number of hydrogen-bond donors (Lipinski definition) is 1. The molecule has 1 aromatic carbocycles. The fourth-order valence-electron chi connectivity index (χ4n) is 2.56. The van der Waals surface area contributed by atoms with Crippen molar-refractivity contribution in [2.24, 2.45) is 11.8 Å². The largest absolute Gasteiger partial charge is 0.356 e. The molecule has 0 aromatic heterocycles. The highest BCUT2D eigenvalue weighted by Crippen LogP contribution is 2.25. The molecule has 1 aromatic rings. The van der Waals surface area contributed by atoms with Gasteiger partial charge < -0.3 is 10.2 Å². The van der Waals surface area contributed by atoms with Gasteiger partial charge in [0.1, 0.15) is 0 Å². The highest BCUT2D eigenvalue weighted by Gasteiger charge is 2.34. The Morgan fingerprint density at radius 2 is 2.19 bits per heavy atom. The van der Waals surface area contributed by atoms with Crippen LogP contribution in [0.15, 0.2) is 24.3 Å². The first-order chi connectivity index (χ1) is 9.97. The van der Waals surface area contributed by atoms with Gasteiger partial charge in [0.05, 0.1) is 5.92 Å². The Balaban J connectivity index is 1.94. The van der Waals surface area contributed by atoms with Crippen molar-refractivity contribution in [3.8, 4) is 0 Å². The van der Waals surface area contributed by atoms with Crippen LogP contribution in [0.2, 0.25) is 0 Å². The molecule has 1 N–H and O–H groups in total. The van der Waals surface area contributed by atoms with Crippen LogP contribution in [0.3, 0.4) is 0 Å². The van der Waals surface area contributed by atoms with Gasteiger partial charge in [-0.05, 0) is 37.0 Å². The van der Waals surface area contributed by atoms with E-state index in [9.17, 15) is 9.59 Å². The fourth-order valence-corrected chi connectivity index (χ4v) is 2.56. The summed E-state index contributed by atoms with van der Waals surface area (Å²) in [6.45, 7) is 7.43. The summed E-state index contributed by atoms with van der Waals surface area (Å²) in [7, 11) is 0. The monoisotopic (exact) mass is 288 g/mol. The first-order valence-electron chi connectivity index (χ1n) is 7.62. The Morgan fingerprint density at radius 3 is 2.86 bits per heavy atom. The van der Waals surface area contributed by atoms with E-state index in [1.807, 2.05) is 31.2 Å². The van der Waals surface area contributed by atoms with Gasteiger partial charge in [-0.3, -0.25) is 9.59 Å². The number of amides is 2. The second kappa shape index (κ2) is 6.74. The molecule has 1 aliphatic rings. The Labute approximate surface area is 126 Å². The molecule has 0 bridgehead atoms. The molecule has 0 saturated carbocycles. The Hall–Kier alpha value is -1.84. The summed E-state index contributed by atoms with van der Waals surface area (Å²) in [5.74, 6) is 0.369. The highest BCUT2D eigenvalue weighted by molar-refractivity contribution is 6.00. The molecule has 0 spiro atoms. The molecule has 114 valence electrons. The Kier molecular flexibility index (Phi) is 4.99. The standard InChI is InChI=1S/C17H24N2O2/c1-12(2)7-8-18-17(21)14-10-16(20)19(11-14)15-6-4-5-13(3)9-15/h4-6,9,12,14H,7-8,10-11H2,1-3H3,(H,18,21). The molecule has 2 amide bonds. The molecule has 1 fully saturated rings. The van der Waals surface area contributed by atoms with E-state index >= 15 is 0 Å². The van der Waals surface area contributed by atoms with Crippen molar-refractivity contribution in [3.63, 3.8) is 0 Å². The predicted molar refractivity (Wildman–Crippen MR) is 84.1 cm³/mol. The summed E-state index contributed by atoms with van der Waals surface area (Å²) >= 11 is 0. The molecule has 0 radical (unpaired) electrons. The summed E-state index contributed by atoms with van der Waals surface area (Å²) in [6.07, 6.45) is 1.27. The lowest BCUT2D eigenvalue weighted by molar-refractivity contribution is -0.126. The van der Waals surface area contributed by atoms with Gasteiger partial charge in [-0.1, -0.05) is 26.0 Å². The van der Waals surface area contributed by atoms with Gasteiger partial charge in [-0.2, -0.15) is 0 Å². The number of nitrogens with zero attached hydrogens (tertiary/aromatic N) is 1. The van der Waals surface area contributed by atoms with Crippen LogP contribution < -0.4 is 10.2 Å². The van der Waals surface area contributed by atoms with Crippen LogP contribution in [0.4, 0.5) is 5.69 Å². The van der Waals surface area contributed by atoms with Crippen LogP contribution in [-0.4, -0.2) is 24.9 Å². The second-order valence-electron chi connectivity index (χ2n) is 6.22. The molecule has 0 aliphatic carbocycles. The van der Waals surface area contributed by atoms with Gasteiger partial charge >= 0.3 is 0 Å². The van der Waals surface area contributed by atoms with Crippen LogP contribution in [0, 0.1) is 18.8 Å². The zero-order valence-electron chi connectivity index (χ0n) is 13.1. The smallest absolute Gasteiger partial charge is 0.227 e. The molecule has 21 heavy (non-hydrogen) atoms. The van der Waals surface area contributed by atoms with E-state index in [2.05, 4.69) is 19.2 Å². The van der Waals surface area contributed by atoms with Gasteiger partial charge in [-0.15, -0.1) is 0 Å². The van der Waals surface area contributed by atoms with Gasteiger partial charge in [0.2, 0.25) is 11.8 Å². The van der Waals surface area contributed by atoms with Crippen molar-refractivity contribution in [2.45, 2.75) is 33.6 Å². The van der Waals surface area contributed by atoms with Crippen LogP contribution in [0.1, 0.15) is 32.3 Å². The number of hydrogen-bond acceptors (Lipinski definition) is 2. The van der Waals surface area contributed by atoms with E-state index in [1.165, 1.54) is 0 Å². The number of anilines is 1. The summed E-state index contributed by atoms with van der Waals surface area (Å²) in [5, 5.41) is 2.94. The van der Waals surface area contributed by atoms with Crippen LogP contribution in [-0.2, 0) is 9.59 Å². The quantitative estimate of drug-likeness (QED) is 0.905. The zero-order valence-corrected chi connectivity index (χ0v) is 13.1. The minimum Gasteiger partial charge on any atom is -0.356 e. The lowest BCUT2D eigenvalue weighted by Crippen LogP contribution is -2.33. The molecule has 1 heterocycles. The van der Waals surface area contributed by atoms with Crippen molar-refractivity contribution >= 4 is 17.5 Å². The lowest BCUT2D eigenvalue weighted by Gasteiger charge is -2.17. The third-order valence-corrected chi connectivity index (χ3v) is 3.83. The third kappa shape index (κ3) is 4.06. The minimum atomic E-state index is -0.231. The SMILES string of the molecule is Cc1cccc(N2CC(C(=O)NCCC(C)C)CC2=O)c1. The number of nitrogens with one attached hydrogen (secondary N) is 1. The van der Waals surface area contributed by atoms with Gasteiger partial charge in [0.15, 0.2) is 0 Å². The number of rotatable bonds is 5. The molecule has 4 heteroatoms. The maximum Gasteiger partial charge on any atom is 0.227 e. The molecular weight excluding hydrogens is 264 g/mol. The van der Waals surface area contributed by atoms with Crippen molar-refractivity contribution in [2.75, 3.05) is 18.0 Å². The van der Waals surface area contributed by atoms with E-state index in [4.69, 9.17) is 0 Å². The fraction of sp³-hybridized carbons (Fsp3) is 0.529. The molecule has 1 atom stereocenters. The van der Waals surface area contributed by atoms with Crippen LogP contribution >= 0.6 is 0 Å². The molecular formula is C17H24N2O2. The molecule has 4 nitrogen and oxygen atoms in total. The Bertz CT molecular complexity index is 525. The predicted octanol–water partition coefficient (Wildman–Crippen LogP) is 2.51. The molecule has 2 rings (SSSR count). The van der Waals surface area contributed by atoms with E-state index in [0.717, 1.165) is 17.7 Å². The van der Waals surface area contributed by atoms with Crippen LogP contribution in [0.5, 0.6) is 0 Å². The Morgan fingerprint density at radius 1 is 1.43 bits per heavy atom. The van der Waals surface area contributed by atoms with E-state index in [0.29, 0.717) is 25.4 Å². The van der Waals surface area contributed by atoms with Crippen molar-refractivity contribution in [1.82, 2.24) is 5.32 Å². The molecule has 1 saturated heterocycles. The minimum absolute atomic E-state index is 0.000784. The maximum atomic E-state index is 12.1. The third-order valence-electron chi connectivity index (χ3n) is 3.83. The van der Waals surface area contributed by atoms with Crippen molar-refractivity contribution < 1.29 is 9.59 Å². The number of benzene rings is 1. The van der Waals surface area contributed by atoms with Crippen molar-refractivity contribution in [1.29, 1.82) is 0 Å². The zero-order chi connectivity index (χ0) is 15.4. The summed E-state index contributed by atoms with van der Waals surface area (Å²) in [4.78, 5) is 26.0. The first-order valence-corrected chi connectivity index (χ1v) is 7.62. The van der Waals surface area contributed by atoms with E-state index in [-0.39, 0.29) is 17.7 Å². The topological polar surface area (TPSA) is 49.4 Å². The van der Waals surface area contributed by atoms with Gasteiger partial charge in [-0.25, -0.2) is 0 Å². The van der Waals surface area contributed by atoms with Crippen molar-refractivity contribution in [3.05, 3.63) is 29.8 Å². The summed E-state index contributed by atoms with van der Waals surface area (Å²) in [6, 6.07) is 7.84. The average molecular weight is 288 g/mol. The van der Waals surface area contributed by atoms with Gasteiger partial charge in [0.25, 0.3) is 0 Å². The van der Waals surface area contributed by atoms with E-state index < -0.39 is 0 Å². The molecule has 1 aliphatic heterocycles. The van der Waals surface area contributed by atoms with Gasteiger partial charge in [0, 0.05) is 25.2 Å².